The van der Waals surface area contributed by atoms with Gasteiger partial charge in [0.1, 0.15) is 18.8 Å². The zero-order chi connectivity index (χ0) is 18.1. The van der Waals surface area contributed by atoms with Crippen molar-refractivity contribution in [1.82, 2.24) is 5.43 Å². The number of halogens is 1. The summed E-state index contributed by atoms with van der Waals surface area (Å²) in [5, 5.41) is 21.2. The lowest BCUT2D eigenvalue weighted by Crippen LogP contribution is -2.16. The number of nitrogens with zero attached hydrogens (tertiary/aromatic N) is 3. The maximum Gasteiger partial charge on any atom is 0.254 e. The van der Waals surface area contributed by atoms with E-state index in [0.29, 0.717) is 15.8 Å². The number of amides is 1. The van der Waals surface area contributed by atoms with Crippen molar-refractivity contribution >= 4 is 28.1 Å². The molecule has 2 aromatic rings. The Kier molecular flexibility index (Phi) is 6.70. The number of carbonyl (C=O) groups is 1. The molecule has 0 saturated heterocycles. The third-order valence-corrected chi connectivity index (χ3v) is 3.74. The van der Waals surface area contributed by atoms with E-state index in [0.717, 1.165) is 11.1 Å². The minimum atomic E-state index is -0.464. The summed E-state index contributed by atoms with van der Waals surface area (Å²) in [7, 11) is 0. The normalized spacial score (nSPS) is 10.0. The molecular weight excluding hydrogens is 384 g/mol. The van der Waals surface area contributed by atoms with Gasteiger partial charge in [-0.3, -0.25) is 4.79 Å². The van der Waals surface area contributed by atoms with Crippen molar-refractivity contribution in [2.45, 2.75) is 13.0 Å². The van der Waals surface area contributed by atoms with E-state index in [1.807, 2.05) is 18.2 Å². The summed E-state index contributed by atoms with van der Waals surface area (Å²) < 4.78 is 6.46. The molecule has 0 unspecified atom stereocenters. The minimum absolute atomic E-state index is 0.238. The van der Waals surface area contributed by atoms with Crippen molar-refractivity contribution in [2.24, 2.45) is 5.10 Å². The van der Waals surface area contributed by atoms with Gasteiger partial charge < -0.3 is 4.74 Å². The van der Waals surface area contributed by atoms with Crippen LogP contribution in [-0.2, 0) is 11.4 Å². The molecule has 0 fully saturated rings. The van der Waals surface area contributed by atoms with E-state index in [4.69, 9.17) is 15.3 Å². The second kappa shape index (κ2) is 9.21. The minimum Gasteiger partial charge on any atom is -0.488 e. The molecule has 6 nitrogen and oxygen atoms in total. The molecule has 0 aliphatic carbocycles. The monoisotopic (exact) mass is 396 g/mol. The number of nitriles is 2. The van der Waals surface area contributed by atoms with Crippen LogP contribution in [0.3, 0.4) is 0 Å². The highest BCUT2D eigenvalue weighted by Crippen LogP contribution is 2.26. The third kappa shape index (κ3) is 5.45. The highest BCUT2D eigenvalue weighted by atomic mass is 79.9. The standard InChI is InChI=1S/C18H13BrN4O2/c19-16-9-13(11-22-23-18(24)7-8-20)5-6-17(16)25-12-15-4-2-1-3-14(15)10-21/h1-6,9,11H,7,12H2,(H,23,24). The molecular formula is C18H13BrN4O2. The number of carbonyl (C=O) groups excluding carboxylic acids is 1. The number of rotatable bonds is 6. The summed E-state index contributed by atoms with van der Waals surface area (Å²) in [6.45, 7) is 0.278. The first kappa shape index (κ1) is 18.2. The molecule has 0 heterocycles. The molecule has 25 heavy (non-hydrogen) atoms. The fourth-order valence-electron chi connectivity index (χ4n) is 1.92. The van der Waals surface area contributed by atoms with Crippen LogP contribution in [0.1, 0.15) is 23.1 Å². The second-order valence-corrected chi connectivity index (χ2v) is 5.73. The van der Waals surface area contributed by atoms with Crippen molar-refractivity contribution < 1.29 is 9.53 Å². The van der Waals surface area contributed by atoms with Gasteiger partial charge in [-0.2, -0.15) is 15.6 Å². The van der Waals surface area contributed by atoms with E-state index >= 15 is 0 Å². The first-order valence-corrected chi connectivity index (χ1v) is 8.02. The Labute approximate surface area is 153 Å². The number of benzene rings is 2. The largest absolute Gasteiger partial charge is 0.488 e. The SMILES string of the molecule is N#CCC(=O)NN=Cc1ccc(OCc2ccccc2C#N)c(Br)c1. The molecule has 7 heteroatoms. The van der Waals surface area contributed by atoms with Gasteiger partial charge >= 0.3 is 0 Å². The van der Waals surface area contributed by atoms with E-state index in [-0.39, 0.29) is 13.0 Å². The predicted molar refractivity (Wildman–Crippen MR) is 95.6 cm³/mol. The van der Waals surface area contributed by atoms with Crippen LogP contribution in [-0.4, -0.2) is 12.1 Å². The van der Waals surface area contributed by atoms with E-state index in [1.54, 1.807) is 30.3 Å². The van der Waals surface area contributed by atoms with Crippen molar-refractivity contribution in [3.8, 4) is 17.9 Å². The maximum absolute atomic E-state index is 11.1. The molecule has 0 aliphatic heterocycles. The number of nitrogens with one attached hydrogen (secondary N) is 1. The second-order valence-electron chi connectivity index (χ2n) is 4.88. The topological polar surface area (TPSA) is 98.3 Å². The summed E-state index contributed by atoms with van der Waals surface area (Å²) >= 11 is 3.42. The van der Waals surface area contributed by atoms with Gasteiger partial charge in [0.05, 0.1) is 28.4 Å². The van der Waals surface area contributed by atoms with Crippen LogP contribution in [0.4, 0.5) is 0 Å². The Morgan fingerprint density at radius 2 is 2.08 bits per heavy atom. The van der Waals surface area contributed by atoms with Crippen LogP contribution in [0.5, 0.6) is 5.75 Å². The fraction of sp³-hybridized carbons (Fsp3) is 0.111. The highest BCUT2D eigenvalue weighted by molar-refractivity contribution is 9.10. The van der Waals surface area contributed by atoms with E-state index in [9.17, 15) is 4.79 Å². The predicted octanol–water partition coefficient (Wildman–Crippen LogP) is 3.26. The van der Waals surface area contributed by atoms with Crippen molar-refractivity contribution in [2.75, 3.05) is 0 Å². The zero-order valence-electron chi connectivity index (χ0n) is 13.1. The smallest absolute Gasteiger partial charge is 0.254 e. The van der Waals surface area contributed by atoms with Crippen LogP contribution < -0.4 is 10.2 Å². The summed E-state index contributed by atoms with van der Waals surface area (Å²) in [5.74, 6) is 0.160. The Bertz CT molecular complexity index is 881. The van der Waals surface area contributed by atoms with E-state index in [1.165, 1.54) is 6.21 Å². The van der Waals surface area contributed by atoms with Crippen LogP contribution in [0.15, 0.2) is 52.0 Å². The van der Waals surface area contributed by atoms with Crippen LogP contribution >= 0.6 is 15.9 Å². The first-order chi connectivity index (χ1) is 12.1. The molecule has 2 aromatic carbocycles. The number of ether oxygens (including phenoxy) is 1. The third-order valence-electron chi connectivity index (χ3n) is 3.12. The lowest BCUT2D eigenvalue weighted by atomic mass is 10.1. The summed E-state index contributed by atoms with van der Waals surface area (Å²) in [5.41, 5.74) is 4.39. The number of hydrogen-bond acceptors (Lipinski definition) is 5. The van der Waals surface area contributed by atoms with Gasteiger partial charge in [-0.05, 0) is 45.8 Å². The number of hydrogen-bond donors (Lipinski definition) is 1. The van der Waals surface area contributed by atoms with Crippen LogP contribution in [0, 0.1) is 22.7 Å². The molecule has 124 valence electrons. The van der Waals surface area contributed by atoms with E-state index < -0.39 is 5.91 Å². The van der Waals surface area contributed by atoms with E-state index in [2.05, 4.69) is 32.5 Å². The lowest BCUT2D eigenvalue weighted by molar-refractivity contribution is -0.120. The van der Waals surface area contributed by atoms with Crippen molar-refractivity contribution in [3.63, 3.8) is 0 Å². The summed E-state index contributed by atoms with van der Waals surface area (Å²) in [4.78, 5) is 11.1. The van der Waals surface area contributed by atoms with Gasteiger partial charge in [0, 0.05) is 5.56 Å². The molecule has 1 amide bonds. The first-order valence-electron chi connectivity index (χ1n) is 7.23. The average molecular weight is 397 g/mol. The molecule has 0 aromatic heterocycles. The zero-order valence-corrected chi connectivity index (χ0v) is 14.7. The highest BCUT2D eigenvalue weighted by Gasteiger charge is 2.05. The van der Waals surface area contributed by atoms with Gasteiger partial charge in [-0.1, -0.05) is 18.2 Å². The molecule has 0 aliphatic rings. The molecule has 2 rings (SSSR count). The average Bonchev–Trinajstić information content (AvgIpc) is 2.61. The molecule has 0 saturated carbocycles. The lowest BCUT2D eigenvalue weighted by Gasteiger charge is -2.09. The van der Waals surface area contributed by atoms with Gasteiger partial charge in [-0.25, -0.2) is 5.43 Å². The van der Waals surface area contributed by atoms with Crippen molar-refractivity contribution in [1.29, 1.82) is 10.5 Å². The van der Waals surface area contributed by atoms with Gasteiger partial charge in [0.15, 0.2) is 0 Å². The maximum atomic E-state index is 11.1. The Hall–Kier alpha value is -3.16. The van der Waals surface area contributed by atoms with Crippen LogP contribution in [0.25, 0.3) is 0 Å². The van der Waals surface area contributed by atoms with Gasteiger partial charge in [-0.15, -0.1) is 0 Å². The number of hydrazone groups is 1. The van der Waals surface area contributed by atoms with Crippen LogP contribution in [0.2, 0.25) is 0 Å². The Morgan fingerprint density at radius 1 is 1.28 bits per heavy atom. The summed E-state index contributed by atoms with van der Waals surface area (Å²) in [6, 6.07) is 16.4. The van der Waals surface area contributed by atoms with Gasteiger partial charge in [0.2, 0.25) is 0 Å². The van der Waals surface area contributed by atoms with Gasteiger partial charge in [0.25, 0.3) is 5.91 Å². The Morgan fingerprint density at radius 3 is 2.80 bits per heavy atom. The molecule has 0 bridgehead atoms. The molecule has 0 radical (unpaired) electrons. The fourth-order valence-corrected chi connectivity index (χ4v) is 2.43. The molecule has 1 N–H and O–H groups in total. The molecule has 0 atom stereocenters. The van der Waals surface area contributed by atoms with Crippen molar-refractivity contribution in [3.05, 3.63) is 63.6 Å². The molecule has 0 spiro atoms. The summed E-state index contributed by atoms with van der Waals surface area (Å²) in [6.07, 6.45) is 1.23. The Balaban J connectivity index is 2.00. The quantitative estimate of drug-likeness (QED) is 0.598.